The number of anilines is 1. The van der Waals surface area contributed by atoms with Gasteiger partial charge in [-0.25, -0.2) is 13.6 Å². The van der Waals surface area contributed by atoms with E-state index in [9.17, 15) is 23.2 Å². The number of halogens is 2. The van der Waals surface area contributed by atoms with Gasteiger partial charge in [0.05, 0.1) is 11.3 Å². The molecule has 0 aromatic heterocycles. The van der Waals surface area contributed by atoms with E-state index in [1.54, 1.807) is 18.2 Å². The third-order valence-electron chi connectivity index (χ3n) is 3.32. The predicted molar refractivity (Wildman–Crippen MR) is 86.3 cm³/mol. The molecule has 1 amide bonds. The number of para-hydroxylation sites is 1. The summed E-state index contributed by atoms with van der Waals surface area (Å²) < 4.78 is 31.2. The van der Waals surface area contributed by atoms with Crippen molar-refractivity contribution in [2.24, 2.45) is 0 Å². The van der Waals surface area contributed by atoms with Crippen LogP contribution in [0.2, 0.25) is 0 Å². The summed E-state index contributed by atoms with van der Waals surface area (Å²) in [4.78, 5) is 35.6. The van der Waals surface area contributed by atoms with E-state index in [-0.39, 0.29) is 17.0 Å². The molecule has 25 heavy (non-hydrogen) atoms. The normalized spacial score (nSPS) is 11.5. The third-order valence-corrected chi connectivity index (χ3v) is 3.32. The van der Waals surface area contributed by atoms with Crippen molar-refractivity contribution in [2.45, 2.75) is 20.0 Å². The lowest BCUT2D eigenvalue weighted by molar-refractivity contribution is -0.123. The molecule has 130 valence electrons. The lowest BCUT2D eigenvalue weighted by Crippen LogP contribution is -2.30. The van der Waals surface area contributed by atoms with Crippen molar-refractivity contribution in [3.63, 3.8) is 0 Å². The number of hydrogen-bond donors (Lipinski definition) is 1. The molecule has 0 aliphatic carbocycles. The van der Waals surface area contributed by atoms with Crippen molar-refractivity contribution in [2.75, 3.05) is 5.32 Å². The minimum atomic E-state index is -1.24. The van der Waals surface area contributed by atoms with Crippen molar-refractivity contribution in [3.05, 3.63) is 65.2 Å². The van der Waals surface area contributed by atoms with Crippen LogP contribution in [0.3, 0.4) is 0 Å². The van der Waals surface area contributed by atoms with Crippen molar-refractivity contribution < 1.29 is 27.9 Å². The molecule has 2 rings (SSSR count). The molecule has 7 heteroatoms. The zero-order valence-corrected chi connectivity index (χ0v) is 13.5. The molecule has 0 radical (unpaired) electrons. The van der Waals surface area contributed by atoms with Gasteiger partial charge in [0.2, 0.25) is 0 Å². The number of Topliss-reactive ketones (excluding diaryl/α,β-unsaturated/α-hetero) is 1. The number of carbonyl (C=O) groups excluding carboxylic acids is 3. The van der Waals surface area contributed by atoms with Gasteiger partial charge in [0, 0.05) is 11.6 Å². The molecule has 0 heterocycles. The van der Waals surface area contributed by atoms with Gasteiger partial charge in [-0.05, 0) is 38.1 Å². The lowest BCUT2D eigenvalue weighted by Gasteiger charge is -2.15. The molecule has 0 aliphatic heterocycles. The molecule has 5 nitrogen and oxygen atoms in total. The summed E-state index contributed by atoms with van der Waals surface area (Å²) in [6.45, 7) is 2.66. The fraction of sp³-hybridized carbons (Fsp3) is 0.167. The van der Waals surface area contributed by atoms with E-state index in [2.05, 4.69) is 5.32 Å². The largest absolute Gasteiger partial charge is 0.449 e. The summed E-state index contributed by atoms with van der Waals surface area (Å²) in [6.07, 6.45) is -1.24. The minimum Gasteiger partial charge on any atom is -0.449 e. The number of carbonyl (C=O) groups is 3. The Morgan fingerprint density at radius 3 is 2.24 bits per heavy atom. The summed E-state index contributed by atoms with van der Waals surface area (Å²) in [5.74, 6) is -3.82. The molecule has 0 saturated carbocycles. The molecule has 1 atom stereocenters. The third kappa shape index (κ3) is 4.69. The topological polar surface area (TPSA) is 72.5 Å². The highest BCUT2D eigenvalue weighted by atomic mass is 19.1. The van der Waals surface area contributed by atoms with E-state index >= 15 is 0 Å². The van der Waals surface area contributed by atoms with Crippen LogP contribution in [0.5, 0.6) is 0 Å². The van der Waals surface area contributed by atoms with Gasteiger partial charge in [0.15, 0.2) is 11.9 Å². The second kappa shape index (κ2) is 7.65. The lowest BCUT2D eigenvalue weighted by atomic mass is 10.1. The second-order valence-electron chi connectivity index (χ2n) is 5.30. The average molecular weight is 347 g/mol. The number of nitrogens with one attached hydrogen (secondary N) is 1. The average Bonchev–Trinajstić information content (AvgIpc) is 2.54. The van der Waals surface area contributed by atoms with Crippen LogP contribution in [-0.2, 0) is 9.53 Å². The summed E-state index contributed by atoms with van der Waals surface area (Å²) >= 11 is 0. The molecular weight excluding hydrogens is 332 g/mol. The Balaban J connectivity index is 2.08. The zero-order chi connectivity index (χ0) is 18.6. The predicted octanol–water partition coefficient (Wildman–Crippen LogP) is 3.35. The Bertz CT molecular complexity index is 815. The van der Waals surface area contributed by atoms with Gasteiger partial charge < -0.3 is 10.1 Å². The highest BCUT2D eigenvalue weighted by Gasteiger charge is 2.21. The maximum atomic E-state index is 13.1. The van der Waals surface area contributed by atoms with Gasteiger partial charge in [0.1, 0.15) is 11.6 Å². The minimum absolute atomic E-state index is 0.240. The zero-order valence-electron chi connectivity index (χ0n) is 13.5. The van der Waals surface area contributed by atoms with E-state index in [1.807, 2.05) is 0 Å². The van der Waals surface area contributed by atoms with E-state index in [0.29, 0.717) is 11.6 Å². The highest BCUT2D eigenvalue weighted by molar-refractivity contribution is 6.05. The maximum Gasteiger partial charge on any atom is 0.339 e. The monoisotopic (exact) mass is 347 g/mol. The number of esters is 1. The van der Waals surface area contributed by atoms with E-state index in [0.717, 1.165) is 12.1 Å². The SMILES string of the molecule is CC(=O)c1ccccc1NC(=O)[C@@H](C)OC(=O)c1cc(F)cc(F)c1. The first-order valence-corrected chi connectivity index (χ1v) is 7.36. The van der Waals surface area contributed by atoms with Gasteiger partial charge in [-0.1, -0.05) is 12.1 Å². The number of rotatable bonds is 5. The molecule has 2 aromatic carbocycles. The van der Waals surface area contributed by atoms with Crippen LogP contribution in [0.15, 0.2) is 42.5 Å². The molecule has 0 unspecified atom stereocenters. The smallest absolute Gasteiger partial charge is 0.339 e. The Morgan fingerprint density at radius 1 is 1.04 bits per heavy atom. The van der Waals surface area contributed by atoms with E-state index < -0.39 is 29.6 Å². The first-order valence-electron chi connectivity index (χ1n) is 7.36. The van der Waals surface area contributed by atoms with Crippen LogP contribution in [0, 0.1) is 11.6 Å². The van der Waals surface area contributed by atoms with Gasteiger partial charge in [-0.3, -0.25) is 9.59 Å². The fourth-order valence-corrected chi connectivity index (χ4v) is 2.09. The van der Waals surface area contributed by atoms with Crippen molar-refractivity contribution in [1.82, 2.24) is 0 Å². The first-order chi connectivity index (χ1) is 11.8. The van der Waals surface area contributed by atoms with Crippen LogP contribution >= 0.6 is 0 Å². The van der Waals surface area contributed by atoms with Crippen LogP contribution < -0.4 is 5.32 Å². The molecule has 0 bridgehead atoms. The molecule has 2 aromatic rings. The van der Waals surface area contributed by atoms with Crippen LogP contribution in [0.4, 0.5) is 14.5 Å². The molecule has 0 saturated heterocycles. The molecule has 0 fully saturated rings. The molecule has 0 aliphatic rings. The Labute approximate surface area is 142 Å². The van der Waals surface area contributed by atoms with Gasteiger partial charge >= 0.3 is 5.97 Å². The molecular formula is C18H15F2NO4. The van der Waals surface area contributed by atoms with Crippen molar-refractivity contribution in [1.29, 1.82) is 0 Å². The van der Waals surface area contributed by atoms with Crippen LogP contribution in [-0.4, -0.2) is 23.8 Å². The Kier molecular flexibility index (Phi) is 5.59. The Hall–Kier alpha value is -3.09. The summed E-state index contributed by atoms with van der Waals surface area (Å²) in [7, 11) is 0. The van der Waals surface area contributed by atoms with Crippen LogP contribution in [0.1, 0.15) is 34.6 Å². The number of amides is 1. The number of ether oxygens (including phenoxy) is 1. The summed E-state index contributed by atoms with van der Waals surface area (Å²) in [5.41, 5.74) is 0.238. The van der Waals surface area contributed by atoms with Gasteiger partial charge in [-0.15, -0.1) is 0 Å². The first kappa shape index (κ1) is 18.3. The standard InChI is InChI=1S/C18H15F2NO4/c1-10(22)15-5-3-4-6-16(15)21-17(23)11(2)25-18(24)12-7-13(19)9-14(20)8-12/h3-9,11H,1-2H3,(H,21,23)/t11-/m1/s1. The summed E-state index contributed by atoms with van der Waals surface area (Å²) in [6, 6.07) is 8.59. The number of hydrogen-bond acceptors (Lipinski definition) is 4. The van der Waals surface area contributed by atoms with Gasteiger partial charge in [-0.2, -0.15) is 0 Å². The summed E-state index contributed by atoms with van der Waals surface area (Å²) in [5, 5.41) is 2.49. The number of ketones is 1. The fourth-order valence-electron chi connectivity index (χ4n) is 2.09. The number of benzene rings is 2. The molecule has 1 N–H and O–H groups in total. The molecule has 0 spiro atoms. The second-order valence-corrected chi connectivity index (χ2v) is 5.30. The quantitative estimate of drug-likeness (QED) is 0.665. The van der Waals surface area contributed by atoms with Crippen molar-refractivity contribution >= 4 is 23.3 Å². The van der Waals surface area contributed by atoms with E-state index in [4.69, 9.17) is 4.74 Å². The van der Waals surface area contributed by atoms with Gasteiger partial charge in [0.25, 0.3) is 5.91 Å². The van der Waals surface area contributed by atoms with Crippen molar-refractivity contribution in [3.8, 4) is 0 Å². The van der Waals surface area contributed by atoms with Crippen LogP contribution in [0.25, 0.3) is 0 Å². The van der Waals surface area contributed by atoms with E-state index in [1.165, 1.54) is 19.9 Å². The highest BCUT2D eigenvalue weighted by Crippen LogP contribution is 2.17. The Morgan fingerprint density at radius 2 is 1.64 bits per heavy atom. The maximum absolute atomic E-state index is 13.1.